The van der Waals surface area contributed by atoms with Gasteiger partial charge in [-0.1, -0.05) is 0 Å². The molecule has 0 saturated heterocycles. The molecule has 0 aliphatic heterocycles. The molecule has 2 rings (SSSR count). The van der Waals surface area contributed by atoms with Crippen LogP contribution in [0.1, 0.15) is 30.9 Å². The normalized spacial score (nSPS) is 17.9. The third-order valence-electron chi connectivity index (χ3n) is 3.23. The summed E-state index contributed by atoms with van der Waals surface area (Å²) in [6.07, 6.45) is 2.35. The summed E-state index contributed by atoms with van der Waals surface area (Å²) in [5.74, 6) is 0. The van der Waals surface area contributed by atoms with E-state index in [2.05, 4.69) is 10.0 Å². The van der Waals surface area contributed by atoms with Crippen molar-refractivity contribution in [3.63, 3.8) is 0 Å². The highest BCUT2D eigenvalue weighted by molar-refractivity contribution is 7.90. The van der Waals surface area contributed by atoms with Gasteiger partial charge < -0.3 is 5.32 Å². The van der Waals surface area contributed by atoms with E-state index >= 15 is 0 Å². The summed E-state index contributed by atoms with van der Waals surface area (Å²) in [6.45, 7) is 4.67. The molecule has 102 valence electrons. The summed E-state index contributed by atoms with van der Waals surface area (Å²) in [4.78, 5) is 0. The monoisotopic (exact) mass is 288 g/mol. The van der Waals surface area contributed by atoms with E-state index in [-0.39, 0.29) is 0 Å². The first-order valence-electron chi connectivity index (χ1n) is 6.22. The number of sulfonamides is 1. The smallest absolute Gasteiger partial charge is 0.215 e. The first-order valence-corrected chi connectivity index (χ1v) is 8.71. The van der Waals surface area contributed by atoms with Crippen molar-refractivity contribution in [2.75, 3.05) is 6.54 Å². The van der Waals surface area contributed by atoms with E-state index in [0.29, 0.717) is 19.1 Å². The van der Waals surface area contributed by atoms with Crippen LogP contribution < -0.4 is 10.0 Å². The predicted octanol–water partition coefficient (Wildman–Crippen LogP) is 1.62. The summed E-state index contributed by atoms with van der Waals surface area (Å²) in [7, 11) is -3.23. The van der Waals surface area contributed by atoms with Crippen LogP contribution in [0.15, 0.2) is 10.8 Å². The number of thiophene rings is 1. The van der Waals surface area contributed by atoms with E-state index in [0.717, 1.165) is 11.1 Å². The molecule has 1 fully saturated rings. The van der Waals surface area contributed by atoms with Crippen molar-refractivity contribution in [2.45, 2.75) is 44.5 Å². The van der Waals surface area contributed by atoms with E-state index in [1.165, 1.54) is 12.8 Å². The van der Waals surface area contributed by atoms with Crippen LogP contribution in [0.5, 0.6) is 0 Å². The number of hydrogen-bond acceptors (Lipinski definition) is 4. The van der Waals surface area contributed by atoms with E-state index in [1.807, 2.05) is 17.7 Å². The van der Waals surface area contributed by atoms with Crippen LogP contribution in [-0.2, 0) is 16.6 Å². The molecule has 0 aromatic carbocycles. The molecule has 1 aromatic rings. The van der Waals surface area contributed by atoms with Crippen molar-refractivity contribution >= 4 is 21.4 Å². The minimum atomic E-state index is -3.23. The molecule has 18 heavy (non-hydrogen) atoms. The van der Waals surface area contributed by atoms with Gasteiger partial charge >= 0.3 is 0 Å². The molecule has 0 spiro atoms. The number of hydrogen-bond donors (Lipinski definition) is 2. The van der Waals surface area contributed by atoms with Crippen LogP contribution in [-0.4, -0.2) is 26.3 Å². The standard InChI is InChI=1S/C12H20N2O2S2/c1-9-7-17-8-11(9)6-14-18(15,16)10(2)5-13-12-3-4-12/h7-8,10,12-14H,3-6H2,1-2H3. The molecule has 1 heterocycles. The average molecular weight is 288 g/mol. The van der Waals surface area contributed by atoms with Gasteiger partial charge in [-0.15, -0.1) is 0 Å². The Morgan fingerprint density at radius 1 is 1.44 bits per heavy atom. The van der Waals surface area contributed by atoms with Crippen molar-refractivity contribution in [3.05, 3.63) is 21.9 Å². The number of rotatable bonds is 7. The van der Waals surface area contributed by atoms with Crippen molar-refractivity contribution in [1.29, 1.82) is 0 Å². The van der Waals surface area contributed by atoms with Crippen molar-refractivity contribution in [3.8, 4) is 0 Å². The third-order valence-corrected chi connectivity index (χ3v) is 5.91. The van der Waals surface area contributed by atoms with E-state index in [1.54, 1.807) is 18.3 Å². The van der Waals surface area contributed by atoms with Gasteiger partial charge in [-0.3, -0.25) is 0 Å². The summed E-state index contributed by atoms with van der Waals surface area (Å²) >= 11 is 1.60. The van der Waals surface area contributed by atoms with Crippen LogP contribution in [0, 0.1) is 6.92 Å². The van der Waals surface area contributed by atoms with Gasteiger partial charge in [-0.25, -0.2) is 13.1 Å². The Hall–Kier alpha value is -0.430. The minimum absolute atomic E-state index is 0.392. The zero-order chi connectivity index (χ0) is 13.2. The van der Waals surface area contributed by atoms with Crippen LogP contribution in [0.25, 0.3) is 0 Å². The third kappa shape index (κ3) is 3.78. The Morgan fingerprint density at radius 2 is 2.17 bits per heavy atom. The molecule has 0 radical (unpaired) electrons. The quantitative estimate of drug-likeness (QED) is 0.801. The Morgan fingerprint density at radius 3 is 2.72 bits per heavy atom. The first-order chi connectivity index (χ1) is 8.49. The van der Waals surface area contributed by atoms with Gasteiger partial charge in [0.2, 0.25) is 10.0 Å². The molecular weight excluding hydrogens is 268 g/mol. The molecule has 1 aliphatic carbocycles. The van der Waals surface area contributed by atoms with Gasteiger partial charge in [0.15, 0.2) is 0 Å². The summed E-state index contributed by atoms with van der Waals surface area (Å²) < 4.78 is 26.7. The Kier molecular flexibility index (Phi) is 4.42. The molecule has 1 aromatic heterocycles. The molecule has 4 nitrogen and oxygen atoms in total. The average Bonchev–Trinajstić information content (AvgIpc) is 3.06. The topological polar surface area (TPSA) is 58.2 Å². The summed E-state index contributed by atoms with van der Waals surface area (Å²) in [5.41, 5.74) is 2.21. The molecule has 0 amide bonds. The Bertz CT molecular complexity index is 492. The van der Waals surface area contributed by atoms with Crippen LogP contribution in [0.2, 0.25) is 0 Å². The van der Waals surface area contributed by atoms with Gasteiger partial charge in [-0.2, -0.15) is 11.3 Å². The van der Waals surface area contributed by atoms with E-state index in [4.69, 9.17) is 0 Å². The lowest BCUT2D eigenvalue weighted by atomic mass is 10.2. The maximum atomic E-state index is 12.0. The zero-order valence-corrected chi connectivity index (χ0v) is 12.4. The molecule has 1 saturated carbocycles. The second-order valence-electron chi connectivity index (χ2n) is 4.94. The maximum absolute atomic E-state index is 12.0. The SMILES string of the molecule is Cc1cscc1CNS(=O)(=O)C(C)CNC1CC1. The Labute approximate surface area is 113 Å². The minimum Gasteiger partial charge on any atom is -0.313 e. The lowest BCUT2D eigenvalue weighted by Crippen LogP contribution is -2.39. The molecule has 6 heteroatoms. The summed E-state index contributed by atoms with van der Waals surface area (Å²) in [6, 6.07) is 0.543. The molecule has 1 atom stereocenters. The Balaban J connectivity index is 1.83. The highest BCUT2D eigenvalue weighted by Crippen LogP contribution is 2.19. The largest absolute Gasteiger partial charge is 0.313 e. The molecule has 1 unspecified atom stereocenters. The van der Waals surface area contributed by atoms with Crippen molar-refractivity contribution in [2.24, 2.45) is 0 Å². The second kappa shape index (κ2) is 5.69. The first kappa shape index (κ1) is 14.0. The lowest BCUT2D eigenvalue weighted by Gasteiger charge is -2.14. The number of nitrogens with one attached hydrogen (secondary N) is 2. The van der Waals surface area contributed by atoms with Crippen molar-refractivity contribution < 1.29 is 8.42 Å². The number of aryl methyl sites for hydroxylation is 1. The lowest BCUT2D eigenvalue weighted by molar-refractivity contribution is 0.557. The van der Waals surface area contributed by atoms with Crippen LogP contribution in [0.4, 0.5) is 0 Å². The van der Waals surface area contributed by atoms with E-state index < -0.39 is 15.3 Å². The summed E-state index contributed by atoms with van der Waals surface area (Å²) in [5, 5.41) is 6.88. The molecule has 0 bridgehead atoms. The van der Waals surface area contributed by atoms with Crippen LogP contribution in [0.3, 0.4) is 0 Å². The van der Waals surface area contributed by atoms with Gasteiger partial charge in [0.25, 0.3) is 0 Å². The zero-order valence-electron chi connectivity index (χ0n) is 10.8. The van der Waals surface area contributed by atoms with Gasteiger partial charge in [0.1, 0.15) is 0 Å². The fourth-order valence-electron chi connectivity index (χ4n) is 1.62. The van der Waals surface area contributed by atoms with Crippen LogP contribution >= 0.6 is 11.3 Å². The maximum Gasteiger partial charge on any atom is 0.215 e. The predicted molar refractivity (Wildman–Crippen MR) is 75.3 cm³/mol. The van der Waals surface area contributed by atoms with Gasteiger partial charge in [0.05, 0.1) is 5.25 Å². The fourth-order valence-corrected chi connectivity index (χ4v) is 3.43. The fraction of sp³-hybridized carbons (Fsp3) is 0.667. The van der Waals surface area contributed by atoms with Gasteiger partial charge in [-0.05, 0) is 48.6 Å². The van der Waals surface area contributed by atoms with Gasteiger partial charge in [0, 0.05) is 19.1 Å². The highest BCUT2D eigenvalue weighted by Gasteiger charge is 2.25. The highest BCUT2D eigenvalue weighted by atomic mass is 32.2. The van der Waals surface area contributed by atoms with E-state index in [9.17, 15) is 8.42 Å². The van der Waals surface area contributed by atoms with Crippen molar-refractivity contribution in [1.82, 2.24) is 10.0 Å². The molecule has 2 N–H and O–H groups in total. The molecule has 1 aliphatic rings. The second-order valence-corrected chi connectivity index (χ2v) is 7.87. The molecular formula is C12H20N2O2S2.